The van der Waals surface area contributed by atoms with Gasteiger partial charge in [0.2, 0.25) is 5.91 Å². The molecule has 4 atom stereocenters. The number of aromatic nitrogens is 4. The van der Waals surface area contributed by atoms with Gasteiger partial charge in [-0.25, -0.2) is 18.7 Å². The van der Waals surface area contributed by atoms with Gasteiger partial charge in [0.25, 0.3) is 0 Å². The summed E-state index contributed by atoms with van der Waals surface area (Å²) in [5.41, 5.74) is 2.03. The SMILES string of the molecule is O=C(C1C[C@H]1F)N1C2CCC1CN(c1ncnc3[nH]c(-c4cncc(F)c4)cc13)C2. The predicted molar refractivity (Wildman–Crippen MR) is 106 cm³/mol. The fourth-order valence-electron chi connectivity index (χ4n) is 4.94. The molecule has 1 saturated carbocycles. The highest BCUT2D eigenvalue weighted by atomic mass is 19.1. The number of carbonyl (C=O) groups excluding carboxylic acids is 1. The Hall–Kier alpha value is -3.10. The number of rotatable bonds is 3. The fraction of sp³-hybridized carbons (Fsp3) is 0.429. The second kappa shape index (κ2) is 6.45. The number of H-pyrrole nitrogens is 1. The van der Waals surface area contributed by atoms with E-state index in [1.807, 2.05) is 11.0 Å². The Bertz CT molecular complexity index is 1140. The van der Waals surface area contributed by atoms with E-state index in [2.05, 4.69) is 24.8 Å². The van der Waals surface area contributed by atoms with Crippen LogP contribution in [0.25, 0.3) is 22.3 Å². The number of halogens is 2. The highest BCUT2D eigenvalue weighted by Crippen LogP contribution is 2.41. The van der Waals surface area contributed by atoms with Gasteiger partial charge in [0.1, 0.15) is 29.8 Å². The number of amides is 1. The largest absolute Gasteiger partial charge is 0.352 e. The van der Waals surface area contributed by atoms with E-state index in [0.717, 1.165) is 29.7 Å². The first-order valence-corrected chi connectivity index (χ1v) is 10.2. The molecule has 1 N–H and O–H groups in total. The van der Waals surface area contributed by atoms with Gasteiger partial charge < -0.3 is 14.8 Å². The number of hydrogen-bond donors (Lipinski definition) is 1. The maximum Gasteiger partial charge on any atom is 0.229 e. The van der Waals surface area contributed by atoms with E-state index in [1.54, 1.807) is 6.20 Å². The third kappa shape index (κ3) is 2.75. The number of carbonyl (C=O) groups is 1. The molecule has 2 saturated heterocycles. The van der Waals surface area contributed by atoms with Gasteiger partial charge in [0, 0.05) is 42.6 Å². The van der Waals surface area contributed by atoms with Crippen molar-refractivity contribution in [3.8, 4) is 11.3 Å². The number of pyridine rings is 1. The van der Waals surface area contributed by atoms with Crippen LogP contribution >= 0.6 is 0 Å². The van der Waals surface area contributed by atoms with Crippen LogP contribution in [0.5, 0.6) is 0 Å². The van der Waals surface area contributed by atoms with Crippen molar-refractivity contribution in [3.63, 3.8) is 0 Å². The first kappa shape index (κ1) is 17.7. The second-order valence-corrected chi connectivity index (χ2v) is 8.43. The summed E-state index contributed by atoms with van der Waals surface area (Å²) >= 11 is 0. The summed E-state index contributed by atoms with van der Waals surface area (Å²) in [7, 11) is 0. The zero-order valence-corrected chi connectivity index (χ0v) is 16.1. The summed E-state index contributed by atoms with van der Waals surface area (Å²) in [5, 5.41) is 0.849. The van der Waals surface area contributed by atoms with Crippen LogP contribution in [-0.4, -0.2) is 62.1 Å². The highest BCUT2D eigenvalue weighted by molar-refractivity contribution is 5.92. The number of fused-ring (bicyclic) bond motifs is 3. The average molecular weight is 410 g/mol. The van der Waals surface area contributed by atoms with Crippen molar-refractivity contribution in [3.05, 3.63) is 36.7 Å². The van der Waals surface area contributed by atoms with E-state index < -0.39 is 17.9 Å². The van der Waals surface area contributed by atoms with Crippen molar-refractivity contribution in [2.45, 2.75) is 37.5 Å². The quantitative estimate of drug-likeness (QED) is 0.718. The normalized spacial score (nSPS) is 27.7. The van der Waals surface area contributed by atoms with Gasteiger partial charge in [-0.3, -0.25) is 9.78 Å². The highest BCUT2D eigenvalue weighted by Gasteiger charge is 2.51. The van der Waals surface area contributed by atoms with Gasteiger partial charge in [-0.05, 0) is 31.4 Å². The molecular weight excluding hydrogens is 390 g/mol. The van der Waals surface area contributed by atoms with E-state index in [9.17, 15) is 13.6 Å². The van der Waals surface area contributed by atoms with Gasteiger partial charge in [-0.2, -0.15) is 0 Å². The summed E-state index contributed by atoms with van der Waals surface area (Å²) in [4.78, 5) is 32.8. The molecule has 0 radical (unpaired) electrons. The molecule has 3 aromatic heterocycles. The molecule has 3 fully saturated rings. The second-order valence-electron chi connectivity index (χ2n) is 8.43. The van der Waals surface area contributed by atoms with Crippen LogP contribution < -0.4 is 4.90 Å². The zero-order chi connectivity index (χ0) is 20.4. The Labute approximate surface area is 171 Å². The Balaban J connectivity index is 1.31. The van der Waals surface area contributed by atoms with E-state index in [1.165, 1.54) is 18.6 Å². The molecule has 0 spiro atoms. The van der Waals surface area contributed by atoms with Crippen molar-refractivity contribution < 1.29 is 13.6 Å². The maximum atomic E-state index is 13.6. The predicted octanol–water partition coefficient (Wildman–Crippen LogP) is 2.70. The third-order valence-electron chi connectivity index (χ3n) is 6.49. The molecule has 7 nitrogen and oxygen atoms in total. The molecule has 2 aliphatic heterocycles. The third-order valence-corrected chi connectivity index (χ3v) is 6.49. The Morgan fingerprint density at radius 1 is 1.13 bits per heavy atom. The molecule has 1 aliphatic carbocycles. The molecule has 0 aromatic carbocycles. The molecule has 3 aromatic rings. The molecule has 30 heavy (non-hydrogen) atoms. The van der Waals surface area contributed by atoms with Gasteiger partial charge >= 0.3 is 0 Å². The Kier molecular flexibility index (Phi) is 3.81. The lowest BCUT2D eigenvalue weighted by molar-refractivity contribution is -0.136. The molecule has 3 unspecified atom stereocenters. The molecule has 1 amide bonds. The smallest absolute Gasteiger partial charge is 0.229 e. The molecule has 9 heteroatoms. The number of anilines is 1. The first-order chi connectivity index (χ1) is 14.6. The van der Waals surface area contributed by atoms with Gasteiger partial charge in [-0.1, -0.05) is 0 Å². The van der Waals surface area contributed by atoms with Crippen LogP contribution in [0.15, 0.2) is 30.9 Å². The van der Waals surface area contributed by atoms with E-state index in [4.69, 9.17) is 0 Å². The molecule has 3 aliphatic rings. The summed E-state index contributed by atoms with van der Waals surface area (Å²) < 4.78 is 27.0. The van der Waals surface area contributed by atoms with Crippen molar-refractivity contribution in [2.75, 3.05) is 18.0 Å². The lowest BCUT2D eigenvalue weighted by Crippen LogP contribution is -2.56. The standard InChI is InChI=1S/C21H20F2N6O/c22-12-3-11(6-24-7-12)18-5-16-19(27-18)25-10-26-20(16)28-8-13-1-2-14(9-28)29(13)21(30)15-4-17(15)23/h3,5-7,10,13-15,17H,1-2,4,8-9H2,(H,25,26,27)/t13?,14?,15?,17-/m1/s1. The fourth-order valence-corrected chi connectivity index (χ4v) is 4.94. The monoisotopic (exact) mass is 410 g/mol. The van der Waals surface area contributed by atoms with Crippen LogP contribution in [0.3, 0.4) is 0 Å². The molecule has 5 heterocycles. The number of nitrogens with one attached hydrogen (secondary N) is 1. The van der Waals surface area contributed by atoms with Gasteiger partial charge in [0.15, 0.2) is 0 Å². The van der Waals surface area contributed by atoms with Crippen LogP contribution in [0.4, 0.5) is 14.6 Å². The minimum Gasteiger partial charge on any atom is -0.352 e. The summed E-state index contributed by atoms with van der Waals surface area (Å²) in [6, 6.07) is 3.50. The lowest BCUT2D eigenvalue weighted by atomic mass is 10.1. The number of hydrogen-bond acceptors (Lipinski definition) is 5. The minimum absolute atomic E-state index is 0.0231. The molecule has 6 rings (SSSR count). The minimum atomic E-state index is -0.966. The maximum absolute atomic E-state index is 13.6. The van der Waals surface area contributed by atoms with Crippen LogP contribution in [0.2, 0.25) is 0 Å². The number of aromatic amines is 1. The van der Waals surface area contributed by atoms with E-state index in [-0.39, 0.29) is 18.0 Å². The number of alkyl halides is 1. The van der Waals surface area contributed by atoms with E-state index in [0.29, 0.717) is 30.7 Å². The van der Waals surface area contributed by atoms with Gasteiger partial charge in [-0.15, -0.1) is 0 Å². The molecular formula is C21H20F2N6O. The Morgan fingerprint density at radius 2 is 1.90 bits per heavy atom. The summed E-state index contributed by atoms with van der Waals surface area (Å²) in [6.07, 6.45) is 5.54. The van der Waals surface area contributed by atoms with Crippen molar-refractivity contribution >= 4 is 22.8 Å². The number of piperazine rings is 1. The number of nitrogens with zero attached hydrogens (tertiary/aromatic N) is 5. The molecule has 2 bridgehead atoms. The summed E-state index contributed by atoms with van der Waals surface area (Å²) in [6.45, 7) is 1.33. The van der Waals surface area contributed by atoms with E-state index >= 15 is 0 Å². The average Bonchev–Trinajstić information content (AvgIpc) is 3.21. The zero-order valence-electron chi connectivity index (χ0n) is 16.1. The van der Waals surface area contributed by atoms with Crippen LogP contribution in [0, 0.1) is 11.7 Å². The van der Waals surface area contributed by atoms with Crippen molar-refractivity contribution in [1.82, 2.24) is 24.8 Å². The topological polar surface area (TPSA) is 78.0 Å². The van der Waals surface area contributed by atoms with Crippen molar-refractivity contribution in [2.24, 2.45) is 5.92 Å². The lowest BCUT2D eigenvalue weighted by Gasteiger charge is -2.41. The Morgan fingerprint density at radius 3 is 2.60 bits per heavy atom. The first-order valence-electron chi connectivity index (χ1n) is 10.2. The van der Waals surface area contributed by atoms with Crippen LogP contribution in [0.1, 0.15) is 19.3 Å². The summed E-state index contributed by atoms with van der Waals surface area (Å²) in [5.74, 6) is -0.0609. The molecule has 154 valence electrons. The van der Waals surface area contributed by atoms with Crippen molar-refractivity contribution in [1.29, 1.82) is 0 Å². The van der Waals surface area contributed by atoms with Crippen LogP contribution in [-0.2, 0) is 4.79 Å². The van der Waals surface area contributed by atoms with Gasteiger partial charge in [0.05, 0.1) is 17.5 Å².